The quantitative estimate of drug-likeness (QED) is 0.617. The van der Waals surface area contributed by atoms with Crippen LogP contribution in [0.5, 0.6) is 0 Å². The minimum Gasteiger partial charge on any atom is -0.366 e. The summed E-state index contributed by atoms with van der Waals surface area (Å²) in [6.45, 7) is 1.21. The Labute approximate surface area is 112 Å². The third kappa shape index (κ3) is 3.44. The Hall–Kier alpha value is -1.63. The van der Waals surface area contributed by atoms with Crippen molar-refractivity contribution in [2.45, 2.75) is 6.42 Å². The van der Waals surface area contributed by atoms with Crippen LogP contribution in [0, 0.1) is 16.0 Å². The van der Waals surface area contributed by atoms with E-state index < -0.39 is 14.8 Å². The van der Waals surface area contributed by atoms with Crippen molar-refractivity contribution in [2.24, 2.45) is 5.92 Å². The maximum Gasteiger partial charge on any atom is 0.292 e. The first-order chi connectivity index (χ1) is 8.87. The first-order valence-electron chi connectivity index (χ1n) is 6.03. The second-order valence-corrected chi connectivity index (χ2v) is 7.12. The Morgan fingerprint density at radius 2 is 2.11 bits per heavy atom. The largest absolute Gasteiger partial charge is 0.366 e. The lowest BCUT2D eigenvalue weighted by Crippen LogP contribution is -2.23. The topological polar surface area (TPSA) is 80.5 Å². The minimum absolute atomic E-state index is 0.0508. The van der Waals surface area contributed by atoms with Crippen molar-refractivity contribution in [3.8, 4) is 0 Å². The first kappa shape index (κ1) is 13.8. The van der Waals surface area contributed by atoms with Crippen LogP contribution in [0.15, 0.2) is 24.3 Å². The molecule has 0 bridgehead atoms. The molecule has 1 aromatic carbocycles. The Kier molecular flexibility index (Phi) is 3.75. The van der Waals surface area contributed by atoms with Gasteiger partial charge < -0.3 is 4.90 Å². The molecule has 0 spiro atoms. The molecule has 7 heteroatoms. The fraction of sp³-hybridized carbons (Fsp3) is 0.500. The number of benzene rings is 1. The summed E-state index contributed by atoms with van der Waals surface area (Å²) in [6, 6.07) is 6.57. The third-order valence-corrected chi connectivity index (χ3v) is 4.32. The van der Waals surface area contributed by atoms with Crippen LogP contribution in [0.3, 0.4) is 0 Å². The molecule has 0 aliphatic carbocycles. The van der Waals surface area contributed by atoms with Gasteiger partial charge in [-0.3, -0.25) is 10.1 Å². The Morgan fingerprint density at radius 1 is 1.42 bits per heavy atom. The molecular formula is C12H16N2O4S. The van der Waals surface area contributed by atoms with Crippen molar-refractivity contribution in [2.75, 3.05) is 30.0 Å². The number of anilines is 1. The summed E-state index contributed by atoms with van der Waals surface area (Å²) in [5.74, 6) is 0.194. The van der Waals surface area contributed by atoms with E-state index in [9.17, 15) is 18.5 Å². The Balaban J connectivity index is 2.15. The summed E-state index contributed by atoms with van der Waals surface area (Å²) in [4.78, 5) is 12.5. The molecule has 6 nitrogen and oxygen atoms in total. The van der Waals surface area contributed by atoms with E-state index in [1.807, 2.05) is 4.90 Å². The highest BCUT2D eigenvalue weighted by Crippen LogP contribution is 2.32. The number of nitrogens with zero attached hydrogens (tertiary/aromatic N) is 2. The molecule has 0 saturated carbocycles. The van der Waals surface area contributed by atoms with Crippen LogP contribution in [-0.4, -0.2) is 38.4 Å². The zero-order valence-corrected chi connectivity index (χ0v) is 11.5. The predicted molar refractivity (Wildman–Crippen MR) is 73.1 cm³/mol. The van der Waals surface area contributed by atoms with Gasteiger partial charge in [0.15, 0.2) is 0 Å². The molecule has 2 rings (SSSR count). The van der Waals surface area contributed by atoms with Gasteiger partial charge in [0.2, 0.25) is 0 Å². The Morgan fingerprint density at radius 3 is 2.74 bits per heavy atom. The van der Waals surface area contributed by atoms with Crippen LogP contribution in [0.1, 0.15) is 6.42 Å². The maximum absolute atomic E-state index is 11.3. The van der Waals surface area contributed by atoms with Crippen molar-refractivity contribution in [1.29, 1.82) is 0 Å². The van der Waals surface area contributed by atoms with E-state index in [0.717, 1.165) is 6.42 Å². The van der Waals surface area contributed by atoms with Crippen LogP contribution in [-0.2, 0) is 9.84 Å². The summed E-state index contributed by atoms with van der Waals surface area (Å²) in [5.41, 5.74) is 0.644. The molecule has 1 aliphatic rings. The molecule has 1 saturated heterocycles. The fourth-order valence-corrected chi connectivity index (χ4v) is 3.63. The molecule has 1 unspecified atom stereocenters. The van der Waals surface area contributed by atoms with Gasteiger partial charge in [0, 0.05) is 25.4 Å². The van der Waals surface area contributed by atoms with Gasteiger partial charge in [0.25, 0.3) is 5.69 Å². The van der Waals surface area contributed by atoms with Gasteiger partial charge in [-0.15, -0.1) is 0 Å². The molecule has 1 heterocycles. The SMILES string of the molecule is CS(=O)(=O)CC1CCN(c2ccccc2[N+](=O)[O-])C1. The summed E-state index contributed by atoms with van der Waals surface area (Å²) in [5, 5.41) is 11.0. The molecule has 1 aliphatic heterocycles. The van der Waals surface area contributed by atoms with E-state index >= 15 is 0 Å². The molecular weight excluding hydrogens is 268 g/mol. The summed E-state index contributed by atoms with van der Waals surface area (Å²) in [6.07, 6.45) is 1.97. The summed E-state index contributed by atoms with van der Waals surface area (Å²) < 4.78 is 22.6. The van der Waals surface area contributed by atoms with Crippen LogP contribution >= 0.6 is 0 Å². The molecule has 0 N–H and O–H groups in total. The van der Waals surface area contributed by atoms with E-state index in [4.69, 9.17) is 0 Å². The summed E-state index contributed by atoms with van der Waals surface area (Å²) in [7, 11) is -3.00. The number of hydrogen-bond acceptors (Lipinski definition) is 5. The first-order valence-corrected chi connectivity index (χ1v) is 8.09. The van der Waals surface area contributed by atoms with Crippen molar-refractivity contribution < 1.29 is 13.3 Å². The van der Waals surface area contributed by atoms with Crippen LogP contribution < -0.4 is 4.90 Å². The second-order valence-electron chi connectivity index (χ2n) is 4.94. The molecule has 1 atom stereocenters. The minimum atomic E-state index is -3.00. The molecule has 0 amide bonds. The highest BCUT2D eigenvalue weighted by Gasteiger charge is 2.29. The van der Waals surface area contributed by atoms with Crippen molar-refractivity contribution >= 4 is 21.2 Å². The molecule has 19 heavy (non-hydrogen) atoms. The molecule has 1 aromatic rings. The van der Waals surface area contributed by atoms with Gasteiger partial charge in [-0.05, 0) is 18.4 Å². The van der Waals surface area contributed by atoms with E-state index in [0.29, 0.717) is 18.8 Å². The highest BCUT2D eigenvalue weighted by molar-refractivity contribution is 7.90. The van der Waals surface area contributed by atoms with Gasteiger partial charge in [0.1, 0.15) is 15.5 Å². The zero-order valence-electron chi connectivity index (χ0n) is 10.7. The van der Waals surface area contributed by atoms with E-state index in [1.54, 1.807) is 18.2 Å². The smallest absolute Gasteiger partial charge is 0.292 e. The highest BCUT2D eigenvalue weighted by atomic mass is 32.2. The number of sulfone groups is 1. The van der Waals surface area contributed by atoms with E-state index in [-0.39, 0.29) is 17.4 Å². The standard InChI is InChI=1S/C12H16N2O4S/c1-19(17,18)9-10-6-7-13(8-10)11-4-2-3-5-12(11)14(15)16/h2-5,10H,6-9H2,1H3. The average Bonchev–Trinajstić information content (AvgIpc) is 2.75. The van der Waals surface area contributed by atoms with Gasteiger partial charge in [-0.2, -0.15) is 0 Å². The number of nitro groups is 1. The molecule has 0 radical (unpaired) electrons. The monoisotopic (exact) mass is 284 g/mol. The van der Waals surface area contributed by atoms with Gasteiger partial charge >= 0.3 is 0 Å². The van der Waals surface area contributed by atoms with Gasteiger partial charge in [0.05, 0.1) is 10.7 Å². The maximum atomic E-state index is 11.3. The summed E-state index contributed by atoms with van der Waals surface area (Å²) >= 11 is 0. The second kappa shape index (κ2) is 5.16. The van der Waals surface area contributed by atoms with Gasteiger partial charge in [-0.25, -0.2) is 8.42 Å². The van der Waals surface area contributed by atoms with Crippen LogP contribution in [0.4, 0.5) is 11.4 Å². The molecule has 104 valence electrons. The van der Waals surface area contributed by atoms with Gasteiger partial charge in [-0.1, -0.05) is 12.1 Å². The lowest BCUT2D eigenvalue weighted by atomic mass is 10.2. The lowest BCUT2D eigenvalue weighted by molar-refractivity contribution is -0.384. The predicted octanol–water partition coefficient (Wildman–Crippen LogP) is 1.47. The van der Waals surface area contributed by atoms with Crippen LogP contribution in [0.25, 0.3) is 0 Å². The molecule has 0 aromatic heterocycles. The third-order valence-electron chi connectivity index (χ3n) is 3.24. The normalized spacial score (nSPS) is 19.6. The zero-order chi connectivity index (χ0) is 14.0. The lowest BCUT2D eigenvalue weighted by Gasteiger charge is -2.18. The number of rotatable bonds is 4. The average molecular weight is 284 g/mol. The number of hydrogen-bond donors (Lipinski definition) is 0. The Bertz CT molecular complexity index is 585. The number of para-hydroxylation sites is 2. The molecule has 1 fully saturated rings. The number of nitro benzene ring substituents is 1. The van der Waals surface area contributed by atoms with Crippen LogP contribution in [0.2, 0.25) is 0 Å². The van der Waals surface area contributed by atoms with E-state index in [2.05, 4.69) is 0 Å². The van der Waals surface area contributed by atoms with Crippen molar-refractivity contribution in [1.82, 2.24) is 0 Å². The fourth-order valence-electron chi connectivity index (χ4n) is 2.50. The van der Waals surface area contributed by atoms with Crippen molar-refractivity contribution in [3.63, 3.8) is 0 Å². The van der Waals surface area contributed by atoms with E-state index in [1.165, 1.54) is 12.3 Å². The van der Waals surface area contributed by atoms with Crippen molar-refractivity contribution in [3.05, 3.63) is 34.4 Å².